The van der Waals surface area contributed by atoms with Gasteiger partial charge in [0.05, 0.1) is 13.7 Å². The number of nitrogens with two attached hydrogens (primary N) is 1. The Kier molecular flexibility index (Phi) is 5.75. The minimum atomic E-state index is -4.04. The minimum absolute atomic E-state index is 0.269. The maximum absolute atomic E-state index is 11.7. The van der Waals surface area contributed by atoms with Gasteiger partial charge >= 0.3 is 16.4 Å². The van der Waals surface area contributed by atoms with Crippen LogP contribution in [0.25, 0.3) is 0 Å². The van der Waals surface area contributed by atoms with Gasteiger partial charge in [0, 0.05) is 17.3 Å². The van der Waals surface area contributed by atoms with Crippen molar-refractivity contribution in [3.63, 3.8) is 0 Å². The summed E-state index contributed by atoms with van der Waals surface area (Å²) in [7, 11) is -2.63. The molecule has 0 radical (unpaired) electrons. The summed E-state index contributed by atoms with van der Waals surface area (Å²) in [6, 6.07) is 4.64. The number of benzene rings is 1. The number of amides is 1. The molecular formula is C13H20N2O6S. The summed E-state index contributed by atoms with van der Waals surface area (Å²) in [6.45, 7) is 4.98. The first-order chi connectivity index (χ1) is 10.00. The number of hydrogen-bond acceptors (Lipinski definition) is 6. The van der Waals surface area contributed by atoms with Crippen molar-refractivity contribution in [2.45, 2.75) is 33.0 Å². The average Bonchev–Trinajstić information content (AvgIpc) is 2.33. The Hall–Kier alpha value is -1.84. The zero-order valence-electron chi connectivity index (χ0n) is 12.9. The minimum Gasteiger partial charge on any atom is -0.496 e. The van der Waals surface area contributed by atoms with Gasteiger partial charge in [0.25, 0.3) is 0 Å². The summed E-state index contributed by atoms with van der Waals surface area (Å²) < 4.78 is 36.3. The van der Waals surface area contributed by atoms with Crippen molar-refractivity contribution in [3.8, 4) is 5.75 Å². The second-order valence-corrected chi connectivity index (χ2v) is 6.63. The number of nitrogens with one attached hydrogen (secondary N) is 1. The highest BCUT2D eigenvalue weighted by Crippen LogP contribution is 2.24. The lowest BCUT2D eigenvalue weighted by Crippen LogP contribution is -2.27. The van der Waals surface area contributed by atoms with Gasteiger partial charge < -0.3 is 9.47 Å². The van der Waals surface area contributed by atoms with E-state index in [4.69, 9.17) is 14.6 Å². The van der Waals surface area contributed by atoms with E-state index >= 15 is 0 Å². The lowest BCUT2D eigenvalue weighted by atomic mass is 10.2. The van der Waals surface area contributed by atoms with Gasteiger partial charge in [0.2, 0.25) is 0 Å². The molecule has 1 aromatic carbocycles. The van der Waals surface area contributed by atoms with Gasteiger partial charge in [-0.1, -0.05) is 6.07 Å². The fourth-order valence-electron chi connectivity index (χ4n) is 1.51. The molecule has 0 aliphatic heterocycles. The molecule has 0 aromatic heterocycles. The van der Waals surface area contributed by atoms with Gasteiger partial charge in [-0.25, -0.2) is 9.93 Å². The Labute approximate surface area is 129 Å². The zero-order chi connectivity index (χ0) is 17.0. The second-order valence-electron chi connectivity index (χ2n) is 5.41. The Bertz CT molecular complexity index is 636. The molecule has 0 fully saturated rings. The molecule has 1 rings (SSSR count). The SMILES string of the molecule is COc1cc(NC(=O)OC(C)(C)C)ccc1COS(N)(=O)=O. The number of carbonyl (C=O) groups excluding carboxylic acids is 1. The first kappa shape index (κ1) is 18.2. The Morgan fingerprint density at radius 2 is 1.95 bits per heavy atom. The molecule has 22 heavy (non-hydrogen) atoms. The predicted octanol–water partition coefficient (Wildman–Crippen LogP) is 1.76. The normalized spacial score (nSPS) is 11.9. The van der Waals surface area contributed by atoms with Crippen molar-refractivity contribution in [3.05, 3.63) is 23.8 Å². The summed E-state index contributed by atoms with van der Waals surface area (Å²) in [5.41, 5.74) is 0.286. The molecular weight excluding hydrogens is 312 g/mol. The molecule has 0 saturated heterocycles. The van der Waals surface area contributed by atoms with Gasteiger partial charge in [-0.2, -0.15) is 8.42 Å². The van der Waals surface area contributed by atoms with Crippen LogP contribution in [0.2, 0.25) is 0 Å². The molecule has 124 valence electrons. The molecule has 0 spiro atoms. The van der Waals surface area contributed by atoms with Crippen LogP contribution in [0.5, 0.6) is 5.75 Å². The van der Waals surface area contributed by atoms with Gasteiger partial charge in [-0.05, 0) is 26.8 Å². The number of hydrogen-bond donors (Lipinski definition) is 2. The largest absolute Gasteiger partial charge is 0.496 e. The molecule has 0 saturated carbocycles. The van der Waals surface area contributed by atoms with E-state index in [1.54, 1.807) is 32.9 Å². The molecule has 0 aliphatic rings. The average molecular weight is 332 g/mol. The zero-order valence-corrected chi connectivity index (χ0v) is 13.7. The standard InChI is InChI=1S/C13H20N2O6S/c1-13(2,3)21-12(16)15-10-6-5-9(11(7-10)19-4)8-20-22(14,17)18/h5-7H,8H2,1-4H3,(H,15,16)(H2,14,17,18). The van der Waals surface area contributed by atoms with Crippen LogP contribution < -0.4 is 15.2 Å². The van der Waals surface area contributed by atoms with E-state index in [-0.39, 0.29) is 6.61 Å². The van der Waals surface area contributed by atoms with Crippen molar-refractivity contribution < 1.29 is 26.9 Å². The highest BCUT2D eigenvalue weighted by molar-refractivity contribution is 7.84. The lowest BCUT2D eigenvalue weighted by Gasteiger charge is -2.20. The van der Waals surface area contributed by atoms with Gasteiger partial charge in [0.15, 0.2) is 0 Å². The third-order valence-corrected chi connectivity index (χ3v) is 2.76. The van der Waals surface area contributed by atoms with E-state index in [1.807, 2.05) is 0 Å². The fraction of sp³-hybridized carbons (Fsp3) is 0.462. The molecule has 1 amide bonds. The number of ether oxygens (including phenoxy) is 2. The molecule has 0 heterocycles. The van der Waals surface area contributed by atoms with Crippen molar-refractivity contribution in [1.82, 2.24) is 0 Å². The van der Waals surface area contributed by atoms with E-state index in [0.29, 0.717) is 17.0 Å². The van der Waals surface area contributed by atoms with E-state index in [9.17, 15) is 13.2 Å². The topological polar surface area (TPSA) is 117 Å². The number of rotatable bonds is 5. The third-order valence-electron chi connectivity index (χ3n) is 2.31. The second kappa shape index (κ2) is 6.95. The quantitative estimate of drug-likeness (QED) is 0.848. The first-order valence-corrected chi connectivity index (χ1v) is 7.81. The Morgan fingerprint density at radius 3 is 2.45 bits per heavy atom. The Morgan fingerprint density at radius 1 is 1.32 bits per heavy atom. The third kappa shape index (κ3) is 6.74. The van der Waals surface area contributed by atoms with Crippen LogP contribution in [0.15, 0.2) is 18.2 Å². The molecule has 3 N–H and O–H groups in total. The summed E-state index contributed by atoms with van der Waals surface area (Å²) in [6.07, 6.45) is -0.608. The molecule has 0 atom stereocenters. The lowest BCUT2D eigenvalue weighted by molar-refractivity contribution is 0.0636. The number of carbonyl (C=O) groups is 1. The number of methoxy groups -OCH3 is 1. The van der Waals surface area contributed by atoms with E-state index in [0.717, 1.165) is 0 Å². The fourth-order valence-corrected chi connectivity index (χ4v) is 1.80. The van der Waals surface area contributed by atoms with Crippen molar-refractivity contribution in [1.29, 1.82) is 0 Å². The van der Waals surface area contributed by atoms with Crippen LogP contribution in [-0.2, 0) is 25.8 Å². The van der Waals surface area contributed by atoms with Gasteiger partial charge in [0.1, 0.15) is 11.4 Å². The molecule has 0 bridgehead atoms. The molecule has 8 nitrogen and oxygen atoms in total. The van der Waals surface area contributed by atoms with E-state index < -0.39 is 22.0 Å². The molecule has 0 unspecified atom stereocenters. The summed E-state index contributed by atoms with van der Waals surface area (Å²) in [5.74, 6) is 0.345. The first-order valence-electron chi connectivity index (χ1n) is 6.34. The van der Waals surface area contributed by atoms with Crippen LogP contribution in [-0.4, -0.2) is 27.2 Å². The van der Waals surface area contributed by atoms with Crippen LogP contribution in [0.4, 0.5) is 10.5 Å². The predicted molar refractivity (Wildman–Crippen MR) is 80.7 cm³/mol. The summed E-state index contributed by atoms with van der Waals surface area (Å²) >= 11 is 0. The van der Waals surface area contributed by atoms with E-state index in [2.05, 4.69) is 9.50 Å². The van der Waals surface area contributed by atoms with Gasteiger partial charge in [-0.3, -0.25) is 9.50 Å². The van der Waals surface area contributed by atoms with Crippen LogP contribution in [0, 0.1) is 0 Å². The van der Waals surface area contributed by atoms with Crippen LogP contribution in [0.1, 0.15) is 26.3 Å². The van der Waals surface area contributed by atoms with Gasteiger partial charge in [-0.15, -0.1) is 0 Å². The molecule has 0 aliphatic carbocycles. The molecule has 9 heteroatoms. The summed E-state index contributed by atoms with van der Waals surface area (Å²) in [5, 5.41) is 7.31. The maximum atomic E-state index is 11.7. The maximum Gasteiger partial charge on any atom is 0.412 e. The molecule has 1 aromatic rings. The summed E-state index contributed by atoms with van der Waals surface area (Å²) in [4.78, 5) is 11.7. The van der Waals surface area contributed by atoms with Crippen molar-refractivity contribution in [2.24, 2.45) is 5.14 Å². The van der Waals surface area contributed by atoms with E-state index in [1.165, 1.54) is 13.2 Å². The highest BCUT2D eigenvalue weighted by atomic mass is 32.2. The number of anilines is 1. The van der Waals surface area contributed by atoms with Crippen LogP contribution >= 0.6 is 0 Å². The van der Waals surface area contributed by atoms with Crippen LogP contribution in [0.3, 0.4) is 0 Å². The van der Waals surface area contributed by atoms with Crippen molar-refractivity contribution in [2.75, 3.05) is 12.4 Å². The highest BCUT2D eigenvalue weighted by Gasteiger charge is 2.17. The smallest absolute Gasteiger partial charge is 0.412 e. The van der Waals surface area contributed by atoms with Crippen molar-refractivity contribution >= 4 is 22.1 Å². The monoisotopic (exact) mass is 332 g/mol. The Balaban J connectivity index is 2.82.